The molecule has 0 unspecified atom stereocenters. The summed E-state index contributed by atoms with van der Waals surface area (Å²) in [4.78, 5) is 8.43. The molecule has 0 aliphatic carbocycles. The van der Waals surface area contributed by atoms with Gasteiger partial charge in [-0.15, -0.1) is 0 Å². The quantitative estimate of drug-likeness (QED) is 0.727. The molecule has 8 heteroatoms. The molecule has 144 valence electrons. The van der Waals surface area contributed by atoms with Crippen molar-refractivity contribution in [2.24, 2.45) is 0 Å². The fraction of sp³-hybridized carbons (Fsp3) is 0.200. The maximum absolute atomic E-state index is 13.0. The lowest BCUT2D eigenvalue weighted by Crippen LogP contribution is -2.36. The van der Waals surface area contributed by atoms with Crippen LogP contribution in [0.5, 0.6) is 5.75 Å². The Kier molecular flexibility index (Phi) is 4.74. The normalized spacial score (nSPS) is 14.5. The van der Waals surface area contributed by atoms with Gasteiger partial charge in [0, 0.05) is 12.7 Å². The Morgan fingerprint density at radius 1 is 1.04 bits per heavy atom. The predicted octanol–water partition coefficient (Wildman–Crippen LogP) is 2.48. The minimum absolute atomic E-state index is 0.154. The highest BCUT2D eigenvalue weighted by atomic mass is 32.2. The molecule has 0 spiro atoms. The van der Waals surface area contributed by atoms with Gasteiger partial charge in [0.15, 0.2) is 0 Å². The molecule has 2 aromatic carbocycles. The van der Waals surface area contributed by atoms with Gasteiger partial charge in [-0.3, -0.25) is 0 Å². The van der Waals surface area contributed by atoms with Crippen LogP contribution in [0.25, 0.3) is 11.1 Å². The number of anilines is 1. The smallest absolute Gasteiger partial charge is 0.243 e. The summed E-state index contributed by atoms with van der Waals surface area (Å²) in [5.74, 6) is 0.930. The topological polar surface area (TPSA) is 98.4 Å². The van der Waals surface area contributed by atoms with Crippen molar-refractivity contribution < 1.29 is 13.2 Å². The Hall–Kier alpha value is -2.97. The highest BCUT2D eigenvalue weighted by Gasteiger charge is 2.29. The van der Waals surface area contributed by atoms with Crippen molar-refractivity contribution in [1.82, 2.24) is 14.3 Å². The molecule has 0 amide bonds. The van der Waals surface area contributed by atoms with Crippen LogP contribution in [0, 0.1) is 0 Å². The summed E-state index contributed by atoms with van der Waals surface area (Å²) < 4.78 is 32.7. The summed E-state index contributed by atoms with van der Waals surface area (Å²) in [5.41, 5.74) is 9.17. The zero-order valence-corrected chi connectivity index (χ0v) is 16.2. The Labute approximate surface area is 163 Å². The highest BCUT2D eigenvalue weighted by molar-refractivity contribution is 7.89. The molecule has 3 aromatic rings. The number of nitrogens with two attached hydrogens (primary N) is 1. The predicted molar refractivity (Wildman–Crippen MR) is 106 cm³/mol. The number of sulfonamides is 1. The molecule has 1 aromatic heterocycles. The van der Waals surface area contributed by atoms with Crippen LogP contribution in [0.1, 0.15) is 11.3 Å². The Morgan fingerprint density at radius 3 is 2.32 bits per heavy atom. The van der Waals surface area contributed by atoms with Gasteiger partial charge in [0.2, 0.25) is 16.0 Å². The van der Waals surface area contributed by atoms with E-state index in [-0.39, 0.29) is 17.4 Å². The SMILES string of the molecule is COc1ccc(-c2ccc(S(=O)(=O)N3CCc4cnc(N)nc4C3)cc2)cc1. The van der Waals surface area contributed by atoms with Crippen molar-refractivity contribution >= 4 is 16.0 Å². The number of ether oxygens (including phenoxy) is 1. The van der Waals surface area contributed by atoms with E-state index in [1.807, 2.05) is 36.4 Å². The Balaban J connectivity index is 1.58. The molecule has 1 aliphatic rings. The molecule has 7 nitrogen and oxygen atoms in total. The van der Waals surface area contributed by atoms with Gasteiger partial charge in [-0.05, 0) is 47.4 Å². The number of nitrogen functional groups attached to an aromatic ring is 1. The van der Waals surface area contributed by atoms with Gasteiger partial charge in [-0.25, -0.2) is 18.4 Å². The Morgan fingerprint density at radius 2 is 1.68 bits per heavy atom. The van der Waals surface area contributed by atoms with E-state index in [2.05, 4.69) is 9.97 Å². The molecule has 4 rings (SSSR count). The van der Waals surface area contributed by atoms with Crippen LogP contribution in [-0.2, 0) is 23.0 Å². The van der Waals surface area contributed by atoms with Gasteiger partial charge in [0.1, 0.15) is 5.75 Å². The van der Waals surface area contributed by atoms with E-state index in [9.17, 15) is 8.42 Å². The van der Waals surface area contributed by atoms with E-state index in [1.165, 1.54) is 4.31 Å². The molecule has 0 bridgehead atoms. The van der Waals surface area contributed by atoms with Gasteiger partial charge < -0.3 is 10.5 Å². The van der Waals surface area contributed by atoms with Crippen LogP contribution in [0.2, 0.25) is 0 Å². The van der Waals surface area contributed by atoms with E-state index in [1.54, 1.807) is 25.4 Å². The van der Waals surface area contributed by atoms with Gasteiger partial charge in [0.25, 0.3) is 0 Å². The van der Waals surface area contributed by atoms with Crippen LogP contribution in [0.4, 0.5) is 5.95 Å². The average Bonchev–Trinajstić information content (AvgIpc) is 2.73. The van der Waals surface area contributed by atoms with E-state index >= 15 is 0 Å². The second kappa shape index (κ2) is 7.21. The number of fused-ring (bicyclic) bond motifs is 1. The molecule has 0 atom stereocenters. The van der Waals surface area contributed by atoms with Crippen molar-refractivity contribution in [2.45, 2.75) is 17.9 Å². The molecule has 0 saturated heterocycles. The van der Waals surface area contributed by atoms with Crippen LogP contribution >= 0.6 is 0 Å². The van der Waals surface area contributed by atoms with Crippen LogP contribution in [-0.4, -0.2) is 36.3 Å². The molecule has 2 heterocycles. The zero-order chi connectivity index (χ0) is 19.7. The second-order valence-corrected chi connectivity index (χ2v) is 8.48. The van der Waals surface area contributed by atoms with Crippen molar-refractivity contribution in [3.8, 4) is 16.9 Å². The molecule has 1 aliphatic heterocycles. The first-order valence-corrected chi connectivity index (χ1v) is 10.3. The van der Waals surface area contributed by atoms with Crippen LogP contribution in [0.3, 0.4) is 0 Å². The summed E-state index contributed by atoms with van der Waals surface area (Å²) >= 11 is 0. The van der Waals surface area contributed by atoms with E-state index in [0.717, 1.165) is 22.4 Å². The number of aromatic nitrogens is 2. The van der Waals surface area contributed by atoms with E-state index in [4.69, 9.17) is 10.5 Å². The van der Waals surface area contributed by atoms with E-state index < -0.39 is 10.0 Å². The maximum Gasteiger partial charge on any atom is 0.243 e. The second-order valence-electron chi connectivity index (χ2n) is 6.54. The van der Waals surface area contributed by atoms with Crippen LogP contribution in [0.15, 0.2) is 59.6 Å². The minimum Gasteiger partial charge on any atom is -0.497 e. The standard InChI is InChI=1S/C20H20N4O3S/c1-27-17-6-2-14(3-7-17)15-4-8-18(9-5-15)28(25,26)24-11-10-16-12-22-20(21)23-19(16)13-24/h2-9,12H,10-11,13H2,1H3,(H2,21,22,23). The molecule has 2 N–H and O–H groups in total. The van der Waals surface area contributed by atoms with Crippen molar-refractivity contribution in [2.75, 3.05) is 19.4 Å². The minimum atomic E-state index is -3.62. The number of rotatable bonds is 4. The van der Waals surface area contributed by atoms with E-state index in [0.29, 0.717) is 18.7 Å². The molecule has 0 radical (unpaired) electrons. The molecule has 0 saturated carbocycles. The molecular weight excluding hydrogens is 376 g/mol. The summed E-state index contributed by atoms with van der Waals surface area (Å²) in [6, 6.07) is 14.5. The number of nitrogens with zero attached hydrogens (tertiary/aromatic N) is 3. The lowest BCUT2D eigenvalue weighted by Gasteiger charge is -2.27. The lowest BCUT2D eigenvalue weighted by atomic mass is 10.1. The molecule has 28 heavy (non-hydrogen) atoms. The van der Waals surface area contributed by atoms with Crippen molar-refractivity contribution in [1.29, 1.82) is 0 Å². The highest BCUT2D eigenvalue weighted by Crippen LogP contribution is 2.27. The third-order valence-corrected chi connectivity index (χ3v) is 6.70. The summed E-state index contributed by atoms with van der Waals surface area (Å²) in [6.07, 6.45) is 2.24. The van der Waals surface area contributed by atoms with Gasteiger partial charge >= 0.3 is 0 Å². The van der Waals surface area contributed by atoms with Crippen molar-refractivity contribution in [3.63, 3.8) is 0 Å². The van der Waals surface area contributed by atoms with Gasteiger partial charge in [0.05, 0.1) is 24.2 Å². The largest absolute Gasteiger partial charge is 0.497 e. The summed E-state index contributed by atoms with van der Waals surface area (Å²) in [7, 11) is -2.00. The van der Waals surface area contributed by atoms with Crippen LogP contribution < -0.4 is 10.5 Å². The monoisotopic (exact) mass is 396 g/mol. The third-order valence-electron chi connectivity index (χ3n) is 4.84. The Bertz CT molecular complexity index is 1100. The third kappa shape index (κ3) is 3.44. The maximum atomic E-state index is 13.0. The zero-order valence-electron chi connectivity index (χ0n) is 15.4. The summed E-state index contributed by atoms with van der Waals surface area (Å²) in [6.45, 7) is 0.591. The fourth-order valence-electron chi connectivity index (χ4n) is 3.25. The average molecular weight is 396 g/mol. The van der Waals surface area contributed by atoms with Crippen molar-refractivity contribution in [3.05, 3.63) is 66.0 Å². The number of hydrogen-bond donors (Lipinski definition) is 1. The molecular formula is C20H20N4O3S. The number of hydrogen-bond acceptors (Lipinski definition) is 6. The van der Waals surface area contributed by atoms with Gasteiger partial charge in [-0.2, -0.15) is 4.31 Å². The number of benzene rings is 2. The fourth-order valence-corrected chi connectivity index (χ4v) is 4.65. The first-order chi connectivity index (χ1) is 13.5. The lowest BCUT2D eigenvalue weighted by molar-refractivity contribution is 0.385. The van der Waals surface area contributed by atoms with Gasteiger partial charge in [-0.1, -0.05) is 24.3 Å². The first kappa shape index (κ1) is 18.4. The first-order valence-electron chi connectivity index (χ1n) is 8.82. The summed E-state index contributed by atoms with van der Waals surface area (Å²) in [5, 5.41) is 0. The molecule has 0 fully saturated rings. The number of methoxy groups -OCH3 is 1.